The van der Waals surface area contributed by atoms with Crippen LogP contribution in [-0.4, -0.2) is 57.6 Å². The minimum atomic E-state index is -4.19. The summed E-state index contributed by atoms with van der Waals surface area (Å²) in [4.78, 5) is 29.0. The highest BCUT2D eigenvalue weighted by Gasteiger charge is 2.33. The molecule has 0 fully saturated rings. The summed E-state index contributed by atoms with van der Waals surface area (Å²) in [6, 6.07) is 20.0. The van der Waals surface area contributed by atoms with E-state index in [9.17, 15) is 18.0 Å². The number of hydrogen-bond acceptors (Lipinski definition) is 6. The predicted octanol–water partition coefficient (Wildman–Crippen LogP) is 4.47. The number of aryl methyl sites for hydroxylation is 1. The van der Waals surface area contributed by atoms with Crippen LogP contribution in [0.4, 0.5) is 5.69 Å². The number of amides is 2. The summed E-state index contributed by atoms with van der Waals surface area (Å²) >= 11 is 1.50. The second kappa shape index (κ2) is 13.5. The summed E-state index contributed by atoms with van der Waals surface area (Å²) in [7, 11) is -2.68. The average Bonchev–Trinajstić information content (AvgIpc) is 2.95. The molecule has 0 saturated heterocycles. The molecule has 3 aromatic carbocycles. The van der Waals surface area contributed by atoms with Crippen LogP contribution in [0.3, 0.4) is 0 Å². The Hall–Kier alpha value is -3.50. The summed E-state index contributed by atoms with van der Waals surface area (Å²) in [6.07, 6.45) is 1.91. The Morgan fingerprint density at radius 2 is 1.64 bits per heavy atom. The molecule has 0 saturated carbocycles. The molecule has 0 aliphatic rings. The third kappa shape index (κ3) is 7.13. The van der Waals surface area contributed by atoms with Gasteiger partial charge in [-0.1, -0.05) is 36.4 Å². The number of nitrogens with one attached hydrogen (secondary N) is 1. The lowest BCUT2D eigenvalue weighted by Gasteiger charge is -2.32. The van der Waals surface area contributed by atoms with E-state index in [1.807, 2.05) is 37.4 Å². The summed E-state index contributed by atoms with van der Waals surface area (Å²) < 4.78 is 34.9. The van der Waals surface area contributed by atoms with Gasteiger partial charge >= 0.3 is 0 Å². The molecule has 0 aliphatic carbocycles. The van der Waals surface area contributed by atoms with E-state index in [1.54, 1.807) is 50.2 Å². The van der Waals surface area contributed by atoms with Crippen molar-refractivity contribution in [2.45, 2.75) is 43.1 Å². The molecule has 10 heteroatoms. The Labute approximate surface area is 235 Å². The minimum absolute atomic E-state index is 0.0456. The van der Waals surface area contributed by atoms with Gasteiger partial charge < -0.3 is 15.0 Å². The molecular weight excluding hydrogens is 534 g/mol. The van der Waals surface area contributed by atoms with Crippen LogP contribution in [0.15, 0.2) is 82.6 Å². The van der Waals surface area contributed by atoms with Gasteiger partial charge in [0.2, 0.25) is 11.8 Å². The molecular formula is C29H35N3O5S2. The van der Waals surface area contributed by atoms with Crippen LogP contribution >= 0.6 is 11.8 Å². The molecule has 3 aromatic rings. The van der Waals surface area contributed by atoms with Crippen LogP contribution in [0.1, 0.15) is 25.0 Å². The normalized spacial score (nSPS) is 11.9. The molecule has 208 valence electrons. The number of benzene rings is 3. The number of carbonyl (C=O) groups is 2. The first-order valence-electron chi connectivity index (χ1n) is 12.6. The summed E-state index contributed by atoms with van der Waals surface area (Å²) in [5.74, 6) is -0.541. The van der Waals surface area contributed by atoms with E-state index in [2.05, 4.69) is 5.32 Å². The lowest BCUT2D eigenvalue weighted by atomic mass is 10.1. The summed E-state index contributed by atoms with van der Waals surface area (Å²) in [6.45, 7) is 5.29. The number of anilines is 1. The molecule has 0 aromatic heterocycles. The maximum absolute atomic E-state index is 14.0. The van der Waals surface area contributed by atoms with Gasteiger partial charge in [-0.2, -0.15) is 0 Å². The number of para-hydroxylation sites is 2. The molecule has 3 rings (SSSR count). The number of likely N-dealkylation sites (N-methyl/N-ethyl adjacent to an activating group) is 1. The zero-order chi connectivity index (χ0) is 28.6. The average molecular weight is 570 g/mol. The Balaban J connectivity index is 2.10. The fourth-order valence-electron chi connectivity index (χ4n) is 4.09. The number of ether oxygens (including phenoxy) is 1. The van der Waals surface area contributed by atoms with Crippen molar-refractivity contribution in [1.29, 1.82) is 0 Å². The van der Waals surface area contributed by atoms with Crippen molar-refractivity contribution in [3.05, 3.63) is 83.9 Å². The van der Waals surface area contributed by atoms with Crippen LogP contribution in [0.5, 0.6) is 5.75 Å². The SMILES string of the molecule is CCOc1ccccc1N(CC(=O)N(Cc1ccccc1C)C(C)C(=O)NC)S(=O)(=O)c1ccc(SC)cc1. The van der Waals surface area contributed by atoms with Gasteiger partial charge in [0.05, 0.1) is 17.2 Å². The van der Waals surface area contributed by atoms with Crippen molar-refractivity contribution in [3.63, 3.8) is 0 Å². The Kier molecular flexibility index (Phi) is 10.4. The third-order valence-electron chi connectivity index (χ3n) is 6.38. The van der Waals surface area contributed by atoms with E-state index in [1.165, 1.54) is 35.8 Å². The number of sulfonamides is 1. The van der Waals surface area contributed by atoms with E-state index < -0.39 is 28.5 Å². The van der Waals surface area contributed by atoms with E-state index in [-0.39, 0.29) is 23.0 Å². The van der Waals surface area contributed by atoms with Crippen molar-refractivity contribution in [1.82, 2.24) is 10.2 Å². The number of hydrogen-bond donors (Lipinski definition) is 1. The maximum Gasteiger partial charge on any atom is 0.264 e. The third-order valence-corrected chi connectivity index (χ3v) is 8.89. The fraction of sp³-hybridized carbons (Fsp3) is 0.310. The molecule has 2 amide bonds. The molecule has 0 bridgehead atoms. The van der Waals surface area contributed by atoms with Crippen LogP contribution in [0.2, 0.25) is 0 Å². The van der Waals surface area contributed by atoms with Crippen LogP contribution in [0.25, 0.3) is 0 Å². The number of rotatable bonds is 12. The van der Waals surface area contributed by atoms with Gasteiger partial charge in [0, 0.05) is 18.5 Å². The first kappa shape index (κ1) is 30.0. The number of thioether (sulfide) groups is 1. The van der Waals surface area contributed by atoms with E-state index in [0.717, 1.165) is 20.3 Å². The lowest BCUT2D eigenvalue weighted by Crippen LogP contribution is -2.50. The molecule has 0 aliphatic heterocycles. The maximum atomic E-state index is 14.0. The predicted molar refractivity (Wildman–Crippen MR) is 156 cm³/mol. The highest BCUT2D eigenvalue weighted by molar-refractivity contribution is 7.98. The summed E-state index contributed by atoms with van der Waals surface area (Å²) in [5, 5.41) is 2.59. The number of nitrogens with zero attached hydrogens (tertiary/aromatic N) is 2. The van der Waals surface area contributed by atoms with Gasteiger partial charge in [0.15, 0.2) is 0 Å². The van der Waals surface area contributed by atoms with Gasteiger partial charge in [-0.05, 0) is 74.6 Å². The van der Waals surface area contributed by atoms with Crippen LogP contribution in [-0.2, 0) is 26.2 Å². The van der Waals surface area contributed by atoms with Crippen molar-refractivity contribution in [2.75, 3.05) is 30.8 Å². The monoisotopic (exact) mass is 569 g/mol. The van der Waals surface area contributed by atoms with Crippen molar-refractivity contribution in [2.24, 2.45) is 0 Å². The molecule has 0 heterocycles. The number of carbonyl (C=O) groups excluding carboxylic acids is 2. The topological polar surface area (TPSA) is 96.0 Å². The van der Waals surface area contributed by atoms with Crippen molar-refractivity contribution in [3.8, 4) is 5.75 Å². The second-order valence-electron chi connectivity index (χ2n) is 8.83. The zero-order valence-corrected chi connectivity index (χ0v) is 24.5. The quantitative estimate of drug-likeness (QED) is 0.323. The largest absolute Gasteiger partial charge is 0.492 e. The van der Waals surface area contributed by atoms with E-state index >= 15 is 0 Å². The van der Waals surface area contributed by atoms with Gasteiger partial charge in [-0.3, -0.25) is 13.9 Å². The molecule has 0 spiro atoms. The first-order chi connectivity index (χ1) is 18.6. The van der Waals surface area contributed by atoms with Gasteiger partial charge in [-0.25, -0.2) is 8.42 Å². The van der Waals surface area contributed by atoms with Crippen molar-refractivity contribution < 1.29 is 22.7 Å². The zero-order valence-electron chi connectivity index (χ0n) is 22.9. The molecule has 0 radical (unpaired) electrons. The Morgan fingerprint density at radius 1 is 1.00 bits per heavy atom. The first-order valence-corrected chi connectivity index (χ1v) is 15.2. The molecule has 8 nitrogen and oxygen atoms in total. The molecule has 39 heavy (non-hydrogen) atoms. The van der Waals surface area contributed by atoms with Crippen molar-refractivity contribution >= 4 is 39.3 Å². The summed E-state index contributed by atoms with van der Waals surface area (Å²) in [5.41, 5.74) is 2.06. The lowest BCUT2D eigenvalue weighted by molar-refractivity contribution is -0.139. The van der Waals surface area contributed by atoms with Gasteiger partial charge in [0.25, 0.3) is 10.0 Å². The molecule has 1 unspecified atom stereocenters. The Bertz CT molecular complexity index is 1390. The molecule has 1 N–H and O–H groups in total. The highest BCUT2D eigenvalue weighted by Crippen LogP contribution is 2.33. The minimum Gasteiger partial charge on any atom is -0.492 e. The van der Waals surface area contributed by atoms with Crippen LogP contribution < -0.4 is 14.4 Å². The molecule has 1 atom stereocenters. The fourth-order valence-corrected chi connectivity index (χ4v) is 5.92. The highest BCUT2D eigenvalue weighted by atomic mass is 32.2. The van der Waals surface area contributed by atoms with Crippen LogP contribution in [0, 0.1) is 6.92 Å². The second-order valence-corrected chi connectivity index (χ2v) is 11.6. The Morgan fingerprint density at radius 3 is 2.26 bits per heavy atom. The smallest absolute Gasteiger partial charge is 0.264 e. The van der Waals surface area contributed by atoms with Gasteiger partial charge in [-0.15, -0.1) is 11.8 Å². The van der Waals surface area contributed by atoms with Gasteiger partial charge in [0.1, 0.15) is 18.3 Å². The van der Waals surface area contributed by atoms with E-state index in [0.29, 0.717) is 12.4 Å². The van der Waals surface area contributed by atoms with E-state index in [4.69, 9.17) is 4.74 Å². The standard InChI is InChI=1S/C29H35N3O5S2/c1-6-37-27-14-10-9-13-26(27)32(39(35,36)25-17-15-24(38-5)16-18-25)20-28(33)31(22(3)29(34)30-4)19-23-12-8-7-11-21(23)2/h7-18,22H,6,19-20H2,1-5H3,(H,30,34).